The first-order chi connectivity index (χ1) is 10.1. The number of rotatable bonds is 4. The molecule has 0 atom stereocenters. The van der Waals surface area contributed by atoms with Crippen molar-refractivity contribution in [3.63, 3.8) is 0 Å². The van der Waals surface area contributed by atoms with E-state index < -0.39 is 0 Å². The van der Waals surface area contributed by atoms with Crippen molar-refractivity contribution in [2.45, 2.75) is 25.8 Å². The van der Waals surface area contributed by atoms with Crippen LogP contribution in [-0.4, -0.2) is 19.3 Å². The summed E-state index contributed by atoms with van der Waals surface area (Å²) in [5.74, 6) is 1.25. The van der Waals surface area contributed by atoms with Gasteiger partial charge in [-0.1, -0.05) is 30.7 Å². The van der Waals surface area contributed by atoms with E-state index in [1.807, 2.05) is 36.0 Å². The maximum Gasteiger partial charge on any atom is 0.159 e. The largest absolute Gasteiger partial charge is 0.307 e. The van der Waals surface area contributed by atoms with E-state index in [-0.39, 0.29) is 0 Å². The summed E-state index contributed by atoms with van der Waals surface area (Å²) in [6, 6.07) is 7.82. The first-order valence-corrected chi connectivity index (χ1v) is 7.76. The molecule has 0 saturated carbocycles. The lowest BCUT2D eigenvalue weighted by Gasteiger charge is -2.08. The minimum absolute atomic E-state index is 0.380. The number of nitrogens with zero attached hydrogens (tertiary/aromatic N) is 4. The summed E-state index contributed by atoms with van der Waals surface area (Å²) in [5.41, 5.74) is 4.13. The van der Waals surface area contributed by atoms with E-state index in [1.165, 1.54) is 0 Å². The van der Waals surface area contributed by atoms with Gasteiger partial charge in [0.15, 0.2) is 5.65 Å². The second-order valence-corrected chi connectivity index (χ2v) is 5.67. The Bertz CT molecular complexity index is 771. The summed E-state index contributed by atoms with van der Waals surface area (Å²) in [5, 5.41) is 5.27. The van der Waals surface area contributed by atoms with Gasteiger partial charge in [0.05, 0.1) is 18.1 Å². The smallest absolute Gasteiger partial charge is 0.159 e. The van der Waals surface area contributed by atoms with Crippen LogP contribution in [0.3, 0.4) is 0 Å². The molecule has 0 spiro atoms. The fraction of sp³-hybridized carbons (Fsp3) is 0.333. The number of alkyl halides is 1. The number of aromatic nitrogens is 4. The standard InChI is InChI=1S/C15H16Cl2N4/c1-3-12-14-15(20(2)19-12)21(13(8-16)18-14)9-10-4-6-11(17)7-5-10/h4-7H,3,8-9H2,1-2H3. The summed E-state index contributed by atoms with van der Waals surface area (Å²) in [6.45, 7) is 2.79. The van der Waals surface area contributed by atoms with Crippen LogP contribution in [0.15, 0.2) is 24.3 Å². The Balaban J connectivity index is 2.11. The molecule has 0 aliphatic heterocycles. The van der Waals surface area contributed by atoms with Gasteiger partial charge in [0, 0.05) is 12.1 Å². The van der Waals surface area contributed by atoms with Gasteiger partial charge in [-0.15, -0.1) is 11.6 Å². The number of hydrogen-bond acceptors (Lipinski definition) is 2. The molecule has 0 fully saturated rings. The third-order valence-corrected chi connectivity index (χ3v) is 4.07. The molecule has 6 heteroatoms. The second-order valence-electron chi connectivity index (χ2n) is 4.97. The molecule has 4 nitrogen and oxygen atoms in total. The summed E-state index contributed by atoms with van der Waals surface area (Å²) in [4.78, 5) is 4.66. The van der Waals surface area contributed by atoms with Crippen LogP contribution in [0.1, 0.15) is 24.0 Å². The lowest BCUT2D eigenvalue weighted by Crippen LogP contribution is -2.07. The van der Waals surface area contributed by atoms with E-state index in [1.54, 1.807) is 0 Å². The fourth-order valence-electron chi connectivity index (χ4n) is 2.57. The Morgan fingerprint density at radius 3 is 2.52 bits per heavy atom. The number of halogens is 2. The molecule has 21 heavy (non-hydrogen) atoms. The van der Waals surface area contributed by atoms with Crippen LogP contribution < -0.4 is 0 Å². The SMILES string of the molecule is CCc1nn(C)c2c1nc(CCl)n2Cc1ccc(Cl)cc1. The molecule has 0 N–H and O–H groups in total. The number of fused-ring (bicyclic) bond motifs is 1. The van der Waals surface area contributed by atoms with Crippen molar-refractivity contribution in [2.24, 2.45) is 7.05 Å². The van der Waals surface area contributed by atoms with Crippen LogP contribution in [0.4, 0.5) is 0 Å². The van der Waals surface area contributed by atoms with E-state index in [4.69, 9.17) is 23.2 Å². The highest BCUT2D eigenvalue weighted by atomic mass is 35.5. The van der Waals surface area contributed by atoms with Crippen molar-refractivity contribution in [2.75, 3.05) is 0 Å². The molecule has 110 valence electrons. The van der Waals surface area contributed by atoms with Gasteiger partial charge in [0.1, 0.15) is 11.3 Å². The fourth-order valence-corrected chi connectivity index (χ4v) is 2.90. The van der Waals surface area contributed by atoms with Crippen molar-refractivity contribution in [3.05, 3.63) is 46.4 Å². The number of hydrogen-bond donors (Lipinski definition) is 0. The van der Waals surface area contributed by atoms with Crippen LogP contribution in [0, 0.1) is 0 Å². The predicted molar refractivity (Wildman–Crippen MR) is 86.0 cm³/mol. The maximum atomic E-state index is 6.07. The molecule has 0 unspecified atom stereocenters. The summed E-state index contributed by atoms with van der Waals surface area (Å²) in [7, 11) is 1.94. The summed E-state index contributed by atoms with van der Waals surface area (Å²) < 4.78 is 4.00. The van der Waals surface area contributed by atoms with Gasteiger partial charge in [-0.05, 0) is 24.1 Å². The van der Waals surface area contributed by atoms with Crippen LogP contribution in [0.2, 0.25) is 5.02 Å². The zero-order chi connectivity index (χ0) is 15.0. The second kappa shape index (κ2) is 5.70. The average Bonchev–Trinajstić information content (AvgIpc) is 2.99. The molecule has 0 radical (unpaired) electrons. The van der Waals surface area contributed by atoms with Crippen LogP contribution in [0.5, 0.6) is 0 Å². The molecule has 0 aliphatic carbocycles. The first kappa shape index (κ1) is 14.4. The number of benzene rings is 1. The normalized spacial score (nSPS) is 11.4. The molecule has 2 heterocycles. The molecule has 0 amide bonds. The molecule has 0 bridgehead atoms. The zero-order valence-corrected chi connectivity index (χ0v) is 13.5. The third-order valence-electron chi connectivity index (χ3n) is 3.58. The average molecular weight is 323 g/mol. The number of aryl methyl sites for hydroxylation is 2. The van der Waals surface area contributed by atoms with Gasteiger partial charge in [0.25, 0.3) is 0 Å². The van der Waals surface area contributed by atoms with E-state index in [0.29, 0.717) is 12.4 Å². The third kappa shape index (κ3) is 2.54. The Morgan fingerprint density at radius 2 is 1.90 bits per heavy atom. The number of imidazole rings is 1. The van der Waals surface area contributed by atoms with Crippen molar-refractivity contribution < 1.29 is 0 Å². The van der Waals surface area contributed by atoms with Gasteiger partial charge in [-0.25, -0.2) is 4.98 Å². The maximum absolute atomic E-state index is 6.07. The monoisotopic (exact) mass is 322 g/mol. The molecular weight excluding hydrogens is 307 g/mol. The van der Waals surface area contributed by atoms with Crippen molar-refractivity contribution in [1.82, 2.24) is 19.3 Å². The lowest BCUT2D eigenvalue weighted by atomic mass is 10.2. The Morgan fingerprint density at radius 1 is 1.19 bits per heavy atom. The zero-order valence-electron chi connectivity index (χ0n) is 12.0. The van der Waals surface area contributed by atoms with Gasteiger partial charge in [-0.2, -0.15) is 5.10 Å². The Kier molecular flexibility index (Phi) is 3.91. The van der Waals surface area contributed by atoms with Crippen molar-refractivity contribution in [3.8, 4) is 0 Å². The molecular formula is C15H16Cl2N4. The van der Waals surface area contributed by atoms with Crippen LogP contribution in [0.25, 0.3) is 11.2 Å². The van der Waals surface area contributed by atoms with E-state index in [9.17, 15) is 0 Å². The van der Waals surface area contributed by atoms with Crippen molar-refractivity contribution >= 4 is 34.4 Å². The highest BCUT2D eigenvalue weighted by Gasteiger charge is 2.18. The molecule has 0 saturated heterocycles. The van der Waals surface area contributed by atoms with Crippen molar-refractivity contribution in [1.29, 1.82) is 0 Å². The van der Waals surface area contributed by atoms with Crippen LogP contribution >= 0.6 is 23.2 Å². The van der Waals surface area contributed by atoms with Crippen LogP contribution in [-0.2, 0) is 25.9 Å². The predicted octanol–water partition coefficient (Wildman–Crippen LogP) is 3.77. The van der Waals surface area contributed by atoms with Gasteiger partial charge in [-0.3, -0.25) is 4.68 Å². The highest BCUT2D eigenvalue weighted by Crippen LogP contribution is 2.22. The van der Waals surface area contributed by atoms with Gasteiger partial charge in [0.2, 0.25) is 0 Å². The summed E-state index contributed by atoms with van der Waals surface area (Å²) in [6.07, 6.45) is 0.858. The molecule has 0 aliphatic rings. The van der Waals surface area contributed by atoms with E-state index in [0.717, 1.165) is 39.7 Å². The minimum Gasteiger partial charge on any atom is -0.307 e. The minimum atomic E-state index is 0.380. The Labute approximate surface area is 133 Å². The molecule has 1 aromatic carbocycles. The van der Waals surface area contributed by atoms with E-state index >= 15 is 0 Å². The van der Waals surface area contributed by atoms with Gasteiger partial charge < -0.3 is 4.57 Å². The quantitative estimate of drug-likeness (QED) is 0.685. The molecule has 3 aromatic rings. The summed E-state index contributed by atoms with van der Waals surface area (Å²) >= 11 is 12.0. The Hall–Kier alpha value is -1.52. The van der Waals surface area contributed by atoms with Gasteiger partial charge >= 0.3 is 0 Å². The van der Waals surface area contributed by atoms with E-state index in [2.05, 4.69) is 21.6 Å². The molecule has 3 rings (SSSR count). The first-order valence-electron chi connectivity index (χ1n) is 6.85. The lowest BCUT2D eigenvalue weighted by molar-refractivity contribution is 0.698. The highest BCUT2D eigenvalue weighted by molar-refractivity contribution is 6.30. The molecule has 2 aromatic heterocycles. The topological polar surface area (TPSA) is 35.6 Å².